The highest BCUT2D eigenvalue weighted by Crippen LogP contribution is 2.32. The number of alkyl halides is 3. The first kappa shape index (κ1) is 11.7. The van der Waals surface area contributed by atoms with Crippen molar-refractivity contribution < 1.29 is 17.9 Å². The van der Waals surface area contributed by atoms with Crippen LogP contribution in [0.5, 0.6) is 5.75 Å². The summed E-state index contributed by atoms with van der Waals surface area (Å²) in [6.45, 7) is -1.33. The second-order valence-electron chi connectivity index (χ2n) is 2.46. The monoisotopic (exact) mass is 288 g/mol. The molecule has 1 aromatic carbocycles. The minimum absolute atomic E-state index is 0.0785. The maximum atomic E-state index is 11.8. The zero-order chi connectivity index (χ0) is 10.8. The Labute approximate surface area is 91.9 Å². The molecule has 0 radical (unpaired) electrons. The molecule has 0 aliphatic rings. The van der Waals surface area contributed by atoms with E-state index in [4.69, 9.17) is 11.6 Å². The maximum Gasteiger partial charge on any atom is 0.422 e. The first-order valence-corrected chi connectivity index (χ1v) is 4.71. The first-order valence-electron chi connectivity index (χ1n) is 3.54. The molecule has 0 aliphatic heterocycles. The van der Waals surface area contributed by atoms with E-state index in [1.807, 2.05) is 0 Å². The lowest BCUT2D eigenvalue weighted by Crippen LogP contribution is -2.19. The molecule has 0 aliphatic carbocycles. The second kappa shape index (κ2) is 4.40. The number of hydrogen-bond acceptors (Lipinski definition) is 1. The van der Waals surface area contributed by atoms with Gasteiger partial charge in [-0.1, -0.05) is 17.7 Å². The van der Waals surface area contributed by atoms with Gasteiger partial charge in [-0.15, -0.1) is 0 Å². The Morgan fingerprint density at radius 2 is 2.00 bits per heavy atom. The van der Waals surface area contributed by atoms with Crippen molar-refractivity contribution in [1.82, 2.24) is 0 Å². The largest absolute Gasteiger partial charge is 0.483 e. The molecule has 0 fully saturated rings. The third-order valence-corrected chi connectivity index (χ3v) is 2.67. The minimum Gasteiger partial charge on any atom is -0.483 e. The van der Waals surface area contributed by atoms with Crippen LogP contribution in [0.1, 0.15) is 0 Å². The Hall–Kier alpha value is -0.420. The van der Waals surface area contributed by atoms with E-state index in [-0.39, 0.29) is 5.75 Å². The van der Waals surface area contributed by atoms with Crippen LogP contribution in [-0.4, -0.2) is 12.8 Å². The topological polar surface area (TPSA) is 9.23 Å². The van der Waals surface area contributed by atoms with Crippen molar-refractivity contribution in [3.8, 4) is 5.75 Å². The van der Waals surface area contributed by atoms with E-state index in [0.29, 0.717) is 9.50 Å². The van der Waals surface area contributed by atoms with Crippen molar-refractivity contribution in [3.05, 3.63) is 27.7 Å². The van der Waals surface area contributed by atoms with Crippen molar-refractivity contribution in [1.29, 1.82) is 0 Å². The van der Waals surface area contributed by atoms with E-state index in [1.54, 1.807) is 6.07 Å². The normalized spacial score (nSPS) is 11.5. The molecule has 1 aromatic rings. The van der Waals surface area contributed by atoms with Crippen molar-refractivity contribution in [3.63, 3.8) is 0 Å². The predicted molar refractivity (Wildman–Crippen MR) is 50.7 cm³/mol. The molecule has 1 rings (SSSR count). The van der Waals surface area contributed by atoms with Crippen LogP contribution in [0.4, 0.5) is 13.2 Å². The Morgan fingerprint density at radius 3 is 2.57 bits per heavy atom. The van der Waals surface area contributed by atoms with Gasteiger partial charge in [0, 0.05) is 0 Å². The molecule has 0 atom stereocenters. The summed E-state index contributed by atoms with van der Waals surface area (Å²) in [5, 5.41) is 0.310. The van der Waals surface area contributed by atoms with Crippen molar-refractivity contribution in [2.24, 2.45) is 0 Å². The molecule has 14 heavy (non-hydrogen) atoms. The van der Waals surface area contributed by atoms with Crippen LogP contribution < -0.4 is 4.74 Å². The SMILES string of the molecule is FC(F)(F)COc1cccc(Cl)c1Br. The van der Waals surface area contributed by atoms with E-state index in [9.17, 15) is 13.2 Å². The van der Waals surface area contributed by atoms with Gasteiger partial charge in [0.2, 0.25) is 0 Å². The quantitative estimate of drug-likeness (QED) is 0.798. The molecule has 0 spiro atoms. The summed E-state index contributed by atoms with van der Waals surface area (Å²) < 4.78 is 40.3. The highest BCUT2D eigenvalue weighted by Gasteiger charge is 2.28. The highest BCUT2D eigenvalue weighted by molar-refractivity contribution is 9.10. The molecule has 0 aromatic heterocycles. The minimum atomic E-state index is -4.35. The smallest absolute Gasteiger partial charge is 0.422 e. The van der Waals surface area contributed by atoms with Crippen molar-refractivity contribution in [2.75, 3.05) is 6.61 Å². The second-order valence-corrected chi connectivity index (χ2v) is 3.66. The van der Waals surface area contributed by atoms with Gasteiger partial charge in [-0.05, 0) is 28.1 Å². The summed E-state index contributed by atoms with van der Waals surface area (Å²) in [7, 11) is 0. The van der Waals surface area contributed by atoms with Gasteiger partial charge in [-0.2, -0.15) is 13.2 Å². The number of halogens is 5. The van der Waals surface area contributed by atoms with Gasteiger partial charge in [0.1, 0.15) is 5.75 Å². The number of hydrogen-bond donors (Lipinski definition) is 0. The lowest BCUT2D eigenvalue weighted by molar-refractivity contribution is -0.153. The summed E-state index contributed by atoms with van der Waals surface area (Å²) in [6, 6.07) is 4.46. The lowest BCUT2D eigenvalue weighted by Gasteiger charge is -2.10. The molecule has 0 unspecified atom stereocenters. The Balaban J connectivity index is 2.73. The fourth-order valence-electron chi connectivity index (χ4n) is 0.755. The Kier molecular flexibility index (Phi) is 3.66. The summed E-state index contributed by atoms with van der Waals surface area (Å²) in [5.41, 5.74) is 0. The van der Waals surface area contributed by atoms with Crippen LogP contribution in [0, 0.1) is 0 Å². The van der Waals surface area contributed by atoms with E-state index >= 15 is 0 Å². The van der Waals surface area contributed by atoms with E-state index in [2.05, 4.69) is 20.7 Å². The number of benzene rings is 1. The first-order chi connectivity index (χ1) is 6.40. The summed E-state index contributed by atoms with van der Waals surface area (Å²) in [5.74, 6) is 0.0785. The fourth-order valence-corrected chi connectivity index (χ4v) is 1.30. The van der Waals surface area contributed by atoms with E-state index < -0.39 is 12.8 Å². The van der Waals surface area contributed by atoms with Crippen LogP contribution in [0.25, 0.3) is 0 Å². The molecule has 0 saturated carbocycles. The molecule has 6 heteroatoms. The van der Waals surface area contributed by atoms with E-state index in [1.165, 1.54) is 12.1 Å². The standard InChI is InChI=1S/C8H5BrClF3O/c9-7-5(10)2-1-3-6(7)14-4-8(11,12)13/h1-3H,4H2. The van der Waals surface area contributed by atoms with Crippen LogP contribution in [-0.2, 0) is 0 Å². The fraction of sp³-hybridized carbons (Fsp3) is 0.250. The molecule has 0 N–H and O–H groups in total. The third-order valence-electron chi connectivity index (χ3n) is 1.31. The molecule has 78 valence electrons. The summed E-state index contributed by atoms with van der Waals surface area (Å²) in [4.78, 5) is 0. The van der Waals surface area contributed by atoms with Gasteiger partial charge < -0.3 is 4.74 Å². The van der Waals surface area contributed by atoms with Crippen LogP contribution in [0.15, 0.2) is 22.7 Å². The molecule has 0 bridgehead atoms. The predicted octanol–water partition coefficient (Wildman–Crippen LogP) is 4.04. The van der Waals surface area contributed by atoms with Crippen molar-refractivity contribution in [2.45, 2.75) is 6.18 Å². The number of rotatable bonds is 2. The van der Waals surface area contributed by atoms with Gasteiger partial charge in [0.05, 0.1) is 9.50 Å². The molecule has 1 nitrogen and oxygen atoms in total. The average molecular weight is 289 g/mol. The van der Waals surface area contributed by atoms with Gasteiger partial charge >= 0.3 is 6.18 Å². The Bertz CT molecular complexity index is 327. The molecular formula is C8H5BrClF3O. The molecule has 0 amide bonds. The van der Waals surface area contributed by atoms with E-state index in [0.717, 1.165) is 0 Å². The summed E-state index contributed by atoms with van der Waals surface area (Å²) >= 11 is 8.68. The molecule has 0 heterocycles. The maximum absolute atomic E-state index is 11.8. The van der Waals surface area contributed by atoms with Crippen LogP contribution >= 0.6 is 27.5 Å². The number of ether oxygens (including phenoxy) is 1. The Morgan fingerprint density at radius 1 is 1.36 bits per heavy atom. The van der Waals surface area contributed by atoms with Gasteiger partial charge in [0.15, 0.2) is 6.61 Å². The zero-order valence-electron chi connectivity index (χ0n) is 6.74. The summed E-state index contributed by atoms with van der Waals surface area (Å²) in [6.07, 6.45) is -4.35. The lowest BCUT2D eigenvalue weighted by atomic mass is 10.3. The third kappa shape index (κ3) is 3.38. The zero-order valence-corrected chi connectivity index (χ0v) is 9.08. The molecule has 0 saturated heterocycles. The molecular weight excluding hydrogens is 284 g/mol. The van der Waals surface area contributed by atoms with Crippen LogP contribution in [0.2, 0.25) is 5.02 Å². The van der Waals surface area contributed by atoms with Gasteiger partial charge in [-0.3, -0.25) is 0 Å². The average Bonchev–Trinajstić information content (AvgIpc) is 2.06. The van der Waals surface area contributed by atoms with Gasteiger partial charge in [-0.25, -0.2) is 0 Å². The highest BCUT2D eigenvalue weighted by atomic mass is 79.9. The van der Waals surface area contributed by atoms with Crippen LogP contribution in [0.3, 0.4) is 0 Å². The van der Waals surface area contributed by atoms with Crippen molar-refractivity contribution >= 4 is 27.5 Å². The van der Waals surface area contributed by atoms with Gasteiger partial charge in [0.25, 0.3) is 0 Å².